The van der Waals surface area contributed by atoms with Crippen molar-refractivity contribution in [3.63, 3.8) is 0 Å². The second kappa shape index (κ2) is 32.1. The SMILES string of the molecule is CC(=O)N[C@@H](CCCCNC(=O)c1cc(NC(=O)CNC(=O)[C@H](C)NC(=O)C[C@H]2O[C@H](CO)[C@H](O)[C@H](O)[C@H]2O)cc(NC(=O)CNC(=O)[C@@H](C)NC(=O)C[C@H]2O[C@H](CO)[C@H](O)[C@H](O)[C@H]2O)c1)C(=O)NCC(=O)NCc1ccccc1. The molecule has 2 aromatic rings. The molecule has 0 bridgehead atoms. The Morgan fingerprint density at radius 3 is 1.43 bits per heavy atom. The van der Waals surface area contributed by atoms with E-state index in [0.717, 1.165) is 5.56 Å². The molecule has 10 amide bonds. The van der Waals surface area contributed by atoms with Gasteiger partial charge in [-0.2, -0.15) is 0 Å². The molecule has 0 saturated carbocycles. The number of ether oxygens (including phenoxy) is 2. The fourth-order valence-electron chi connectivity index (χ4n) is 8.19. The summed E-state index contributed by atoms with van der Waals surface area (Å²) in [6.07, 6.45) is -15.9. The topological polar surface area (TPSA) is 471 Å². The molecular weight excluding hydrogens is 1060 g/mol. The number of unbranched alkanes of at least 4 members (excludes halogenated alkanes) is 1. The van der Waals surface area contributed by atoms with Crippen LogP contribution in [-0.4, -0.2) is 218 Å². The Morgan fingerprint density at radius 2 is 0.963 bits per heavy atom. The van der Waals surface area contributed by atoms with Crippen LogP contribution >= 0.6 is 0 Å². The lowest BCUT2D eigenvalue weighted by Gasteiger charge is -2.39. The number of amides is 10. The van der Waals surface area contributed by atoms with E-state index in [0.29, 0.717) is 6.42 Å². The van der Waals surface area contributed by atoms with Crippen LogP contribution in [0.5, 0.6) is 0 Å². The lowest BCUT2D eigenvalue weighted by Crippen LogP contribution is -2.59. The van der Waals surface area contributed by atoms with Gasteiger partial charge in [0.05, 0.1) is 57.9 Å². The van der Waals surface area contributed by atoms with Gasteiger partial charge in [0.25, 0.3) is 5.91 Å². The third-order valence-corrected chi connectivity index (χ3v) is 12.6. The zero-order valence-corrected chi connectivity index (χ0v) is 44.1. The van der Waals surface area contributed by atoms with Crippen LogP contribution in [-0.2, 0) is 59.2 Å². The van der Waals surface area contributed by atoms with Crippen LogP contribution in [0.1, 0.15) is 68.8 Å². The Bertz CT molecular complexity index is 2360. The lowest BCUT2D eigenvalue weighted by atomic mass is 9.93. The quantitative estimate of drug-likeness (QED) is 0.0352. The van der Waals surface area contributed by atoms with Gasteiger partial charge >= 0.3 is 0 Å². The molecule has 442 valence electrons. The molecule has 2 heterocycles. The first-order valence-corrected chi connectivity index (χ1v) is 25.5. The van der Waals surface area contributed by atoms with Gasteiger partial charge in [-0.05, 0) is 56.9 Å². The summed E-state index contributed by atoms with van der Waals surface area (Å²) >= 11 is 0. The number of hydrogen-bond acceptors (Lipinski definition) is 20. The lowest BCUT2D eigenvalue weighted by molar-refractivity contribution is -0.229. The second-order valence-corrected chi connectivity index (χ2v) is 19.0. The van der Waals surface area contributed by atoms with E-state index in [-0.39, 0.29) is 49.4 Å². The number of rotatable bonds is 28. The molecule has 30 nitrogen and oxygen atoms in total. The van der Waals surface area contributed by atoms with E-state index in [1.807, 2.05) is 30.3 Å². The smallest absolute Gasteiger partial charge is 0.251 e. The molecule has 30 heteroatoms. The van der Waals surface area contributed by atoms with E-state index in [1.165, 1.54) is 39.0 Å². The Kier molecular flexibility index (Phi) is 26.2. The van der Waals surface area contributed by atoms with Crippen molar-refractivity contribution in [3.8, 4) is 0 Å². The Balaban J connectivity index is 1.35. The van der Waals surface area contributed by atoms with E-state index in [1.54, 1.807) is 0 Å². The number of carbonyl (C=O) groups is 10. The largest absolute Gasteiger partial charge is 0.394 e. The fraction of sp³-hybridized carbons (Fsp3) is 0.560. The summed E-state index contributed by atoms with van der Waals surface area (Å²) in [4.78, 5) is 128. The summed E-state index contributed by atoms with van der Waals surface area (Å²) in [5.41, 5.74) is 0.584. The molecule has 0 spiro atoms. The number of aliphatic hydroxyl groups is 8. The number of hydrogen-bond donors (Lipinski definition) is 18. The van der Waals surface area contributed by atoms with Crippen molar-refractivity contribution < 1.29 is 98.3 Å². The molecule has 4 rings (SSSR count). The highest BCUT2D eigenvalue weighted by atomic mass is 16.6. The van der Waals surface area contributed by atoms with Crippen LogP contribution in [0.4, 0.5) is 11.4 Å². The highest BCUT2D eigenvalue weighted by molar-refractivity contribution is 6.02. The zero-order valence-electron chi connectivity index (χ0n) is 44.1. The third-order valence-electron chi connectivity index (χ3n) is 12.6. The van der Waals surface area contributed by atoms with Gasteiger partial charge in [0.15, 0.2) is 0 Å². The molecule has 2 aromatic carbocycles. The molecule has 2 fully saturated rings. The number of aliphatic hydroxyl groups excluding tert-OH is 8. The molecule has 80 heavy (non-hydrogen) atoms. The van der Waals surface area contributed by atoms with Crippen molar-refractivity contribution in [1.82, 2.24) is 42.5 Å². The molecule has 2 aliphatic heterocycles. The van der Waals surface area contributed by atoms with Crippen molar-refractivity contribution >= 4 is 70.4 Å². The van der Waals surface area contributed by atoms with Crippen LogP contribution < -0.4 is 53.2 Å². The van der Waals surface area contributed by atoms with Crippen LogP contribution in [0.15, 0.2) is 48.5 Å². The maximum Gasteiger partial charge on any atom is 0.251 e. The first kappa shape index (κ1) is 65.3. The minimum absolute atomic E-state index is 0.0277. The van der Waals surface area contributed by atoms with Gasteiger partial charge in [-0.1, -0.05) is 30.3 Å². The molecule has 13 atom stereocenters. The highest BCUT2D eigenvalue weighted by Crippen LogP contribution is 2.25. The van der Waals surface area contributed by atoms with Crippen LogP contribution in [0.25, 0.3) is 0 Å². The summed E-state index contributed by atoms with van der Waals surface area (Å²) in [6.45, 7) is 0.874. The number of anilines is 2. The average molecular weight is 1130 g/mol. The minimum atomic E-state index is -1.73. The molecule has 0 aromatic heterocycles. The molecule has 18 N–H and O–H groups in total. The predicted molar refractivity (Wildman–Crippen MR) is 277 cm³/mol. The monoisotopic (exact) mass is 1130 g/mol. The van der Waals surface area contributed by atoms with Gasteiger partial charge < -0.3 is 103 Å². The first-order valence-electron chi connectivity index (χ1n) is 25.5. The Labute approximate surface area is 458 Å². The average Bonchev–Trinajstić information content (AvgIpc) is 3.42. The molecule has 0 aliphatic carbocycles. The van der Waals surface area contributed by atoms with Crippen molar-refractivity contribution in [2.75, 3.05) is 50.0 Å². The molecule has 0 radical (unpaired) electrons. The van der Waals surface area contributed by atoms with Crippen molar-refractivity contribution in [3.05, 3.63) is 59.7 Å². The molecular formula is C50H72N10O20. The third kappa shape index (κ3) is 20.8. The zero-order chi connectivity index (χ0) is 59.2. The Hall–Kier alpha value is -7.26. The highest BCUT2D eigenvalue weighted by Gasteiger charge is 2.45. The van der Waals surface area contributed by atoms with Gasteiger partial charge in [-0.25, -0.2) is 0 Å². The number of benzene rings is 2. The van der Waals surface area contributed by atoms with Crippen LogP contribution in [0.2, 0.25) is 0 Å². The molecule has 2 saturated heterocycles. The van der Waals surface area contributed by atoms with Crippen LogP contribution in [0.3, 0.4) is 0 Å². The summed E-state index contributed by atoms with van der Waals surface area (Å²) in [5.74, 6) is -7.33. The van der Waals surface area contributed by atoms with E-state index in [9.17, 15) is 88.8 Å². The van der Waals surface area contributed by atoms with Gasteiger partial charge in [-0.15, -0.1) is 0 Å². The van der Waals surface area contributed by atoms with E-state index in [2.05, 4.69) is 53.2 Å². The molecule has 2 aliphatic rings. The summed E-state index contributed by atoms with van der Waals surface area (Å²) < 4.78 is 10.7. The van der Waals surface area contributed by atoms with Crippen molar-refractivity contribution in [2.45, 2.75) is 139 Å². The van der Waals surface area contributed by atoms with E-state index < -0.39 is 177 Å². The summed E-state index contributed by atoms with van der Waals surface area (Å²) in [6, 6.07) is 9.26. The van der Waals surface area contributed by atoms with Gasteiger partial charge in [-0.3, -0.25) is 47.9 Å². The van der Waals surface area contributed by atoms with E-state index in [4.69, 9.17) is 9.47 Å². The van der Waals surface area contributed by atoms with Crippen molar-refractivity contribution in [2.24, 2.45) is 0 Å². The second-order valence-electron chi connectivity index (χ2n) is 19.0. The maximum atomic E-state index is 13.5. The first-order chi connectivity index (χ1) is 37.9. The van der Waals surface area contributed by atoms with E-state index >= 15 is 0 Å². The summed E-state index contributed by atoms with van der Waals surface area (Å²) in [5, 5.41) is 104. The van der Waals surface area contributed by atoms with Gasteiger partial charge in [0, 0.05) is 37.0 Å². The van der Waals surface area contributed by atoms with Gasteiger partial charge in [0.1, 0.15) is 67.0 Å². The maximum absolute atomic E-state index is 13.5. The standard InChI is InChI=1S/C50H72N10O20/c1-24(56-36(64)16-32-41(69)45(73)43(71)34(22-61)79-32)47(75)53-20-39(67)59-29-13-28(49(77)51-12-8-7-11-31(58-26(3)63)50(78)55-19-38(66)52-18-27-9-5-4-6-10-27)14-30(15-29)60-40(68)21-54-48(76)25(2)57-37(65)17-33-42(70)46(74)44(72)35(23-62)80-33/h4-6,9-10,13-15,24-25,31-35,41-46,61-62,69-74H,7-8,11-12,16-23H2,1-3H3,(H,51,77)(H,52,66)(H,53,75)(H,54,76)(H,55,78)(H,56,64)(H,57,65)(H,58,63)(H,59,67)(H,60,68)/t24-,25+,31-,32+,33+,34+,35+,41-,42-,43-,44-,45+,46+/m0/s1. The number of carbonyl (C=O) groups excluding carboxylic acids is 10. The normalized spacial score (nSPS) is 23.5. The van der Waals surface area contributed by atoms with Crippen LogP contribution in [0, 0.1) is 0 Å². The predicted octanol–water partition coefficient (Wildman–Crippen LogP) is -6.89. The minimum Gasteiger partial charge on any atom is -0.394 e. The van der Waals surface area contributed by atoms with Gasteiger partial charge in [0.2, 0.25) is 53.2 Å². The molecule has 0 unspecified atom stereocenters. The Morgan fingerprint density at radius 1 is 0.512 bits per heavy atom. The summed E-state index contributed by atoms with van der Waals surface area (Å²) in [7, 11) is 0. The fourth-order valence-corrected chi connectivity index (χ4v) is 8.19. The number of nitrogens with one attached hydrogen (secondary N) is 10. The van der Waals surface area contributed by atoms with Crippen molar-refractivity contribution in [1.29, 1.82) is 0 Å².